The normalized spacial score (nSPS) is 10.3. The average Bonchev–Trinajstić information content (AvgIpc) is 2.52. The Bertz CT molecular complexity index is 427. The van der Waals surface area contributed by atoms with E-state index in [2.05, 4.69) is 31.1 Å². The summed E-state index contributed by atoms with van der Waals surface area (Å²) < 4.78 is 5.90. The molecule has 2 aromatic rings. The molecular formula is C8H6BrN3O. The molecule has 5 heteroatoms. The Hall–Kier alpha value is -1.23. The Morgan fingerprint density at radius 3 is 2.92 bits per heavy atom. The third-order valence-corrected chi connectivity index (χ3v) is 1.96. The summed E-state index contributed by atoms with van der Waals surface area (Å²) in [5.74, 6) is 1.05. The van der Waals surface area contributed by atoms with Crippen molar-refractivity contribution in [2.75, 3.05) is 0 Å². The lowest BCUT2D eigenvalue weighted by molar-refractivity contribution is 0.424. The van der Waals surface area contributed by atoms with E-state index in [0.29, 0.717) is 17.4 Å². The summed E-state index contributed by atoms with van der Waals surface area (Å²) in [4.78, 5) is 8.16. The maximum atomic E-state index is 4.96. The van der Waals surface area contributed by atoms with E-state index < -0.39 is 0 Å². The molecule has 0 bridgehead atoms. The van der Waals surface area contributed by atoms with Gasteiger partial charge in [0, 0.05) is 10.7 Å². The zero-order valence-electron chi connectivity index (χ0n) is 6.86. The lowest BCUT2D eigenvalue weighted by atomic mass is 10.3. The van der Waals surface area contributed by atoms with Gasteiger partial charge in [-0.25, -0.2) is 0 Å². The van der Waals surface area contributed by atoms with E-state index in [1.54, 1.807) is 13.1 Å². The Morgan fingerprint density at radius 1 is 1.46 bits per heavy atom. The molecule has 66 valence electrons. The minimum atomic E-state index is 0.443. The third-order valence-electron chi connectivity index (χ3n) is 1.47. The zero-order valence-corrected chi connectivity index (χ0v) is 8.45. The van der Waals surface area contributed by atoms with Crippen molar-refractivity contribution in [1.29, 1.82) is 0 Å². The van der Waals surface area contributed by atoms with Crippen LogP contribution in [0.25, 0.3) is 11.6 Å². The fourth-order valence-electron chi connectivity index (χ4n) is 0.923. The number of hydrogen-bond donors (Lipinski definition) is 0. The van der Waals surface area contributed by atoms with Gasteiger partial charge in [-0.2, -0.15) is 4.98 Å². The second-order valence-electron chi connectivity index (χ2n) is 2.51. The van der Waals surface area contributed by atoms with Crippen LogP contribution >= 0.6 is 15.9 Å². The van der Waals surface area contributed by atoms with Gasteiger partial charge in [-0.3, -0.25) is 4.98 Å². The molecule has 0 atom stereocenters. The molecule has 0 aliphatic heterocycles. The molecule has 0 N–H and O–H groups in total. The molecule has 0 saturated heterocycles. The van der Waals surface area contributed by atoms with E-state index in [-0.39, 0.29) is 0 Å². The van der Waals surface area contributed by atoms with Crippen LogP contribution in [0.5, 0.6) is 0 Å². The molecule has 0 aliphatic rings. The molecular weight excluding hydrogens is 234 g/mol. The Morgan fingerprint density at radius 2 is 2.31 bits per heavy atom. The van der Waals surface area contributed by atoms with E-state index in [1.165, 1.54) is 0 Å². The predicted octanol–water partition coefficient (Wildman–Crippen LogP) is 2.20. The summed E-state index contributed by atoms with van der Waals surface area (Å²) in [6.45, 7) is 1.77. The summed E-state index contributed by atoms with van der Waals surface area (Å²) in [5.41, 5.74) is 0.676. The van der Waals surface area contributed by atoms with Crippen molar-refractivity contribution >= 4 is 15.9 Å². The van der Waals surface area contributed by atoms with Crippen molar-refractivity contribution < 1.29 is 4.52 Å². The summed E-state index contributed by atoms with van der Waals surface area (Å²) in [6, 6.07) is 3.67. The van der Waals surface area contributed by atoms with Gasteiger partial charge in [0.05, 0.1) is 0 Å². The van der Waals surface area contributed by atoms with Crippen molar-refractivity contribution in [2.45, 2.75) is 6.92 Å². The molecule has 0 amide bonds. The van der Waals surface area contributed by atoms with Gasteiger partial charge < -0.3 is 4.52 Å². The van der Waals surface area contributed by atoms with Crippen LogP contribution in [0.2, 0.25) is 0 Å². The SMILES string of the molecule is Cc1noc(-c2cc(Br)ccn2)n1. The van der Waals surface area contributed by atoms with Gasteiger partial charge in [0.15, 0.2) is 5.82 Å². The first-order valence-corrected chi connectivity index (χ1v) is 4.47. The van der Waals surface area contributed by atoms with Crippen molar-refractivity contribution in [3.63, 3.8) is 0 Å². The van der Waals surface area contributed by atoms with Crippen molar-refractivity contribution in [3.8, 4) is 11.6 Å². The fourth-order valence-corrected chi connectivity index (χ4v) is 1.26. The van der Waals surface area contributed by atoms with Crippen molar-refractivity contribution in [1.82, 2.24) is 15.1 Å². The van der Waals surface area contributed by atoms with Gasteiger partial charge in [0.25, 0.3) is 5.89 Å². The van der Waals surface area contributed by atoms with Gasteiger partial charge in [-0.05, 0) is 19.1 Å². The first-order valence-electron chi connectivity index (χ1n) is 3.68. The highest BCUT2D eigenvalue weighted by atomic mass is 79.9. The quantitative estimate of drug-likeness (QED) is 0.766. The minimum absolute atomic E-state index is 0.443. The number of rotatable bonds is 1. The monoisotopic (exact) mass is 239 g/mol. The van der Waals surface area contributed by atoms with Crippen LogP contribution in [0.3, 0.4) is 0 Å². The molecule has 0 spiro atoms. The average molecular weight is 240 g/mol. The molecule has 0 unspecified atom stereocenters. The molecule has 0 saturated carbocycles. The molecule has 0 aliphatic carbocycles. The Kier molecular flexibility index (Phi) is 2.10. The predicted molar refractivity (Wildman–Crippen MR) is 50.0 cm³/mol. The summed E-state index contributed by atoms with van der Waals surface area (Å²) >= 11 is 3.34. The van der Waals surface area contributed by atoms with Crippen molar-refractivity contribution in [2.24, 2.45) is 0 Å². The van der Waals surface area contributed by atoms with Crippen LogP contribution in [0.15, 0.2) is 27.3 Å². The van der Waals surface area contributed by atoms with Crippen LogP contribution in [-0.4, -0.2) is 15.1 Å². The zero-order chi connectivity index (χ0) is 9.26. The second-order valence-corrected chi connectivity index (χ2v) is 3.42. The lowest BCUT2D eigenvalue weighted by Gasteiger charge is -1.92. The standard InChI is InChI=1S/C8H6BrN3O/c1-5-11-8(13-12-5)7-4-6(9)2-3-10-7/h2-4H,1H3. The van der Waals surface area contributed by atoms with E-state index in [0.717, 1.165) is 4.47 Å². The largest absolute Gasteiger partial charge is 0.332 e. The van der Waals surface area contributed by atoms with Gasteiger partial charge in [0.1, 0.15) is 5.69 Å². The van der Waals surface area contributed by atoms with Crippen LogP contribution < -0.4 is 0 Å². The first kappa shape index (κ1) is 8.37. The molecule has 0 aromatic carbocycles. The topological polar surface area (TPSA) is 51.8 Å². The Labute approximate surface area is 83.1 Å². The van der Waals surface area contributed by atoms with Crippen LogP contribution in [-0.2, 0) is 0 Å². The van der Waals surface area contributed by atoms with E-state index >= 15 is 0 Å². The Balaban J connectivity index is 2.46. The smallest absolute Gasteiger partial charge is 0.276 e. The maximum absolute atomic E-state index is 4.96. The fraction of sp³-hybridized carbons (Fsp3) is 0.125. The maximum Gasteiger partial charge on any atom is 0.276 e. The van der Waals surface area contributed by atoms with E-state index in [4.69, 9.17) is 4.52 Å². The minimum Gasteiger partial charge on any atom is -0.332 e. The molecule has 13 heavy (non-hydrogen) atoms. The molecule has 2 heterocycles. The van der Waals surface area contributed by atoms with Crippen LogP contribution in [0.1, 0.15) is 5.82 Å². The molecule has 0 fully saturated rings. The van der Waals surface area contributed by atoms with Gasteiger partial charge in [0.2, 0.25) is 0 Å². The number of aryl methyl sites for hydroxylation is 1. The molecule has 4 nitrogen and oxygen atoms in total. The molecule has 0 radical (unpaired) electrons. The highest BCUT2D eigenvalue weighted by molar-refractivity contribution is 9.10. The van der Waals surface area contributed by atoms with Crippen LogP contribution in [0.4, 0.5) is 0 Å². The highest BCUT2D eigenvalue weighted by Gasteiger charge is 2.06. The lowest BCUT2D eigenvalue weighted by Crippen LogP contribution is -1.82. The highest BCUT2D eigenvalue weighted by Crippen LogP contribution is 2.18. The number of aromatic nitrogens is 3. The summed E-state index contributed by atoms with van der Waals surface area (Å²) in [6.07, 6.45) is 1.68. The van der Waals surface area contributed by atoms with Gasteiger partial charge in [-0.15, -0.1) is 0 Å². The summed E-state index contributed by atoms with van der Waals surface area (Å²) in [5, 5.41) is 3.68. The number of pyridine rings is 1. The van der Waals surface area contributed by atoms with Crippen molar-refractivity contribution in [3.05, 3.63) is 28.6 Å². The number of nitrogens with zero attached hydrogens (tertiary/aromatic N) is 3. The number of halogens is 1. The number of hydrogen-bond acceptors (Lipinski definition) is 4. The summed E-state index contributed by atoms with van der Waals surface area (Å²) in [7, 11) is 0. The first-order chi connectivity index (χ1) is 6.25. The van der Waals surface area contributed by atoms with Gasteiger partial charge in [-0.1, -0.05) is 21.1 Å². The molecule has 2 rings (SSSR count). The molecule has 2 aromatic heterocycles. The van der Waals surface area contributed by atoms with E-state index in [9.17, 15) is 0 Å². The van der Waals surface area contributed by atoms with E-state index in [1.807, 2.05) is 12.1 Å². The third kappa shape index (κ3) is 1.75. The van der Waals surface area contributed by atoms with Crippen LogP contribution in [0, 0.1) is 6.92 Å². The second kappa shape index (κ2) is 3.26. The van der Waals surface area contributed by atoms with Gasteiger partial charge >= 0.3 is 0 Å².